The molecular formula is C13H24O4. The third-order valence-corrected chi connectivity index (χ3v) is 3.15. The van der Waals surface area contributed by atoms with Crippen LogP contribution in [0.25, 0.3) is 0 Å². The van der Waals surface area contributed by atoms with Gasteiger partial charge in [0.05, 0.1) is 32.5 Å². The van der Waals surface area contributed by atoms with E-state index in [0.717, 1.165) is 52.3 Å². The number of hydrogen-bond acceptors (Lipinski definition) is 4. The molecule has 2 fully saturated rings. The van der Waals surface area contributed by atoms with E-state index in [1.165, 1.54) is 6.42 Å². The van der Waals surface area contributed by atoms with Crippen molar-refractivity contribution in [1.29, 1.82) is 0 Å². The second kappa shape index (κ2) is 7.31. The Morgan fingerprint density at radius 3 is 2.47 bits per heavy atom. The maximum absolute atomic E-state index is 5.78. The Hall–Kier alpha value is -0.160. The van der Waals surface area contributed by atoms with Crippen molar-refractivity contribution in [3.8, 4) is 0 Å². The summed E-state index contributed by atoms with van der Waals surface area (Å²) in [5.74, 6) is 0. The molecular weight excluding hydrogens is 220 g/mol. The van der Waals surface area contributed by atoms with Crippen molar-refractivity contribution in [2.24, 2.45) is 0 Å². The molecule has 0 radical (unpaired) electrons. The molecule has 0 aromatic carbocycles. The van der Waals surface area contributed by atoms with Gasteiger partial charge in [-0.25, -0.2) is 0 Å². The summed E-state index contributed by atoms with van der Waals surface area (Å²) in [4.78, 5) is 0. The van der Waals surface area contributed by atoms with E-state index in [1.807, 2.05) is 0 Å². The summed E-state index contributed by atoms with van der Waals surface area (Å²) in [6.45, 7) is 6.34. The van der Waals surface area contributed by atoms with E-state index in [9.17, 15) is 0 Å². The molecule has 3 unspecified atom stereocenters. The van der Waals surface area contributed by atoms with Gasteiger partial charge in [-0.1, -0.05) is 6.92 Å². The summed E-state index contributed by atoms with van der Waals surface area (Å²) in [6.07, 6.45) is 5.68. The first-order valence-corrected chi connectivity index (χ1v) is 6.81. The third kappa shape index (κ3) is 6.36. The molecule has 0 spiro atoms. The zero-order chi connectivity index (χ0) is 11.9. The molecule has 0 aromatic heterocycles. The lowest BCUT2D eigenvalue weighted by molar-refractivity contribution is 0.0313. The Kier molecular flexibility index (Phi) is 5.71. The molecule has 4 nitrogen and oxygen atoms in total. The van der Waals surface area contributed by atoms with Crippen LogP contribution < -0.4 is 0 Å². The summed E-state index contributed by atoms with van der Waals surface area (Å²) >= 11 is 0. The molecule has 2 heterocycles. The van der Waals surface area contributed by atoms with Gasteiger partial charge in [0.15, 0.2) is 0 Å². The average Bonchev–Trinajstić information content (AvgIpc) is 3.20. The molecule has 2 aliphatic rings. The summed E-state index contributed by atoms with van der Waals surface area (Å²) in [5, 5.41) is 0. The van der Waals surface area contributed by atoms with Crippen LogP contribution in [0.5, 0.6) is 0 Å². The molecule has 0 amide bonds. The van der Waals surface area contributed by atoms with Crippen LogP contribution in [0.4, 0.5) is 0 Å². The van der Waals surface area contributed by atoms with Gasteiger partial charge in [-0.15, -0.1) is 0 Å². The monoisotopic (exact) mass is 244 g/mol. The number of rotatable bonds is 11. The molecule has 0 saturated carbocycles. The number of unbranched alkanes of at least 4 members (excludes halogenated alkanes) is 1. The number of epoxide rings is 2. The van der Waals surface area contributed by atoms with Crippen LogP contribution in [-0.2, 0) is 18.9 Å². The van der Waals surface area contributed by atoms with Gasteiger partial charge in [0.2, 0.25) is 0 Å². The first-order chi connectivity index (χ1) is 8.38. The molecule has 2 aliphatic heterocycles. The van der Waals surface area contributed by atoms with E-state index >= 15 is 0 Å². The minimum atomic E-state index is 0.380. The van der Waals surface area contributed by atoms with Gasteiger partial charge in [-0.3, -0.25) is 0 Å². The number of ether oxygens (including phenoxy) is 4. The maximum atomic E-state index is 5.78. The van der Waals surface area contributed by atoms with Crippen molar-refractivity contribution in [3.63, 3.8) is 0 Å². The van der Waals surface area contributed by atoms with E-state index < -0.39 is 0 Å². The van der Waals surface area contributed by atoms with Crippen molar-refractivity contribution in [3.05, 3.63) is 0 Å². The highest BCUT2D eigenvalue weighted by atomic mass is 16.6. The van der Waals surface area contributed by atoms with Crippen molar-refractivity contribution < 1.29 is 18.9 Å². The van der Waals surface area contributed by atoms with Gasteiger partial charge in [0, 0.05) is 6.61 Å². The van der Waals surface area contributed by atoms with Gasteiger partial charge >= 0.3 is 0 Å². The topological polar surface area (TPSA) is 43.5 Å². The van der Waals surface area contributed by atoms with E-state index in [0.29, 0.717) is 18.3 Å². The molecule has 2 rings (SSSR count). The standard InChI is InChI=1S/C13H24O4/c1-2-11(15-9-13-10-17-13)5-3-4-6-14-7-12-8-16-12/h11-13H,2-10H2,1H3. The van der Waals surface area contributed by atoms with Crippen LogP contribution in [0, 0.1) is 0 Å². The Bertz CT molecular complexity index is 202. The van der Waals surface area contributed by atoms with Crippen LogP contribution in [0.2, 0.25) is 0 Å². The lowest BCUT2D eigenvalue weighted by Crippen LogP contribution is -2.15. The van der Waals surface area contributed by atoms with Crippen LogP contribution in [0.15, 0.2) is 0 Å². The normalized spacial score (nSPS) is 28.1. The number of hydrogen-bond donors (Lipinski definition) is 0. The van der Waals surface area contributed by atoms with E-state index in [-0.39, 0.29) is 0 Å². The minimum absolute atomic E-state index is 0.380. The second-order valence-electron chi connectivity index (χ2n) is 4.84. The smallest absolute Gasteiger partial charge is 0.104 e. The Labute approximate surface area is 104 Å². The Morgan fingerprint density at radius 1 is 1.12 bits per heavy atom. The molecule has 2 saturated heterocycles. The fourth-order valence-corrected chi connectivity index (χ4v) is 1.77. The predicted octanol–water partition coefficient (Wildman–Crippen LogP) is 1.77. The molecule has 0 N–H and O–H groups in total. The minimum Gasteiger partial charge on any atom is -0.379 e. The SMILES string of the molecule is CCC(CCCCOCC1CO1)OCC1CO1. The zero-order valence-electron chi connectivity index (χ0n) is 10.7. The van der Waals surface area contributed by atoms with Crippen molar-refractivity contribution >= 4 is 0 Å². The van der Waals surface area contributed by atoms with Gasteiger partial charge in [0.1, 0.15) is 12.2 Å². The molecule has 100 valence electrons. The lowest BCUT2D eigenvalue weighted by atomic mass is 10.1. The van der Waals surface area contributed by atoms with Crippen molar-refractivity contribution in [1.82, 2.24) is 0 Å². The predicted molar refractivity (Wildman–Crippen MR) is 64.2 cm³/mol. The molecule has 4 heteroatoms. The van der Waals surface area contributed by atoms with E-state index in [1.54, 1.807) is 0 Å². The van der Waals surface area contributed by atoms with Crippen LogP contribution in [0.1, 0.15) is 32.6 Å². The van der Waals surface area contributed by atoms with Crippen LogP contribution in [0.3, 0.4) is 0 Å². The first kappa shape index (κ1) is 13.3. The summed E-state index contributed by atoms with van der Waals surface area (Å²) < 4.78 is 21.5. The van der Waals surface area contributed by atoms with E-state index in [2.05, 4.69) is 6.92 Å². The summed E-state index contributed by atoms with van der Waals surface area (Å²) in [6, 6.07) is 0. The molecule has 0 bridgehead atoms. The maximum Gasteiger partial charge on any atom is 0.104 e. The Morgan fingerprint density at radius 2 is 1.82 bits per heavy atom. The highest BCUT2D eigenvalue weighted by Crippen LogP contribution is 2.14. The van der Waals surface area contributed by atoms with Gasteiger partial charge in [-0.2, -0.15) is 0 Å². The Balaban J connectivity index is 1.38. The highest BCUT2D eigenvalue weighted by molar-refractivity contribution is 4.69. The third-order valence-electron chi connectivity index (χ3n) is 3.15. The summed E-state index contributed by atoms with van der Waals surface area (Å²) in [5.41, 5.74) is 0. The quantitative estimate of drug-likeness (QED) is 0.410. The van der Waals surface area contributed by atoms with Crippen LogP contribution in [-0.4, -0.2) is 51.3 Å². The fourth-order valence-electron chi connectivity index (χ4n) is 1.77. The molecule has 17 heavy (non-hydrogen) atoms. The van der Waals surface area contributed by atoms with Gasteiger partial charge in [0.25, 0.3) is 0 Å². The molecule has 3 atom stereocenters. The molecule has 0 aliphatic carbocycles. The van der Waals surface area contributed by atoms with Crippen LogP contribution >= 0.6 is 0 Å². The second-order valence-corrected chi connectivity index (χ2v) is 4.84. The van der Waals surface area contributed by atoms with Gasteiger partial charge in [-0.05, 0) is 25.7 Å². The fraction of sp³-hybridized carbons (Fsp3) is 1.00. The largest absolute Gasteiger partial charge is 0.379 e. The average molecular weight is 244 g/mol. The highest BCUT2D eigenvalue weighted by Gasteiger charge is 2.24. The van der Waals surface area contributed by atoms with Crippen molar-refractivity contribution in [2.75, 3.05) is 33.0 Å². The summed E-state index contributed by atoms with van der Waals surface area (Å²) in [7, 11) is 0. The lowest BCUT2D eigenvalue weighted by Gasteiger charge is -2.15. The van der Waals surface area contributed by atoms with Gasteiger partial charge < -0.3 is 18.9 Å². The van der Waals surface area contributed by atoms with Crippen molar-refractivity contribution in [2.45, 2.75) is 50.9 Å². The zero-order valence-corrected chi connectivity index (χ0v) is 10.7. The molecule has 0 aromatic rings. The van der Waals surface area contributed by atoms with E-state index in [4.69, 9.17) is 18.9 Å². The first-order valence-electron chi connectivity index (χ1n) is 6.81.